The van der Waals surface area contributed by atoms with Crippen LogP contribution in [0.3, 0.4) is 0 Å². The maximum absolute atomic E-state index is 12.0. The molecular weight excluding hydrogens is 356 g/mol. The van der Waals surface area contributed by atoms with Crippen LogP contribution in [0.1, 0.15) is 24.9 Å². The molecule has 5 nitrogen and oxygen atoms in total. The Bertz CT molecular complexity index is 601. The Morgan fingerprint density at radius 1 is 1.43 bits per heavy atom. The van der Waals surface area contributed by atoms with E-state index in [4.69, 9.17) is 0 Å². The lowest BCUT2D eigenvalue weighted by Crippen LogP contribution is -2.47. The van der Waals surface area contributed by atoms with E-state index in [2.05, 4.69) is 26.6 Å². The first-order valence-corrected chi connectivity index (χ1v) is 9.46. The summed E-state index contributed by atoms with van der Waals surface area (Å²) in [4.78, 5) is 12.0. The summed E-state index contributed by atoms with van der Waals surface area (Å²) in [6.07, 6.45) is 0.181. The van der Waals surface area contributed by atoms with Crippen molar-refractivity contribution in [2.24, 2.45) is 0 Å². The number of hydrogen-bond donors (Lipinski definition) is 2. The van der Waals surface area contributed by atoms with E-state index in [1.807, 2.05) is 31.2 Å². The Balaban J connectivity index is 1.88. The van der Waals surface area contributed by atoms with E-state index >= 15 is 0 Å². The molecule has 2 unspecified atom stereocenters. The van der Waals surface area contributed by atoms with E-state index in [1.54, 1.807) is 0 Å². The first-order valence-electron chi connectivity index (χ1n) is 6.84. The molecule has 2 atom stereocenters. The van der Waals surface area contributed by atoms with Crippen LogP contribution >= 0.6 is 15.9 Å². The summed E-state index contributed by atoms with van der Waals surface area (Å²) in [5.74, 6) is 0.0491. The second-order valence-electron chi connectivity index (χ2n) is 5.31. The third kappa shape index (κ3) is 5.09. The number of carbonyl (C=O) groups is 1. The second kappa shape index (κ2) is 6.89. The lowest BCUT2D eigenvalue weighted by molar-refractivity contribution is -0.122. The van der Waals surface area contributed by atoms with E-state index in [0.29, 0.717) is 6.54 Å². The number of halogens is 1. The van der Waals surface area contributed by atoms with Crippen molar-refractivity contribution in [3.8, 4) is 0 Å². The third-order valence-corrected chi connectivity index (χ3v) is 5.75. The molecule has 116 valence electrons. The van der Waals surface area contributed by atoms with E-state index in [0.717, 1.165) is 10.0 Å². The fourth-order valence-electron chi connectivity index (χ4n) is 2.36. The number of carbonyl (C=O) groups excluding carboxylic acids is 1. The van der Waals surface area contributed by atoms with Crippen LogP contribution in [0.5, 0.6) is 0 Å². The molecule has 0 aliphatic carbocycles. The largest absolute Gasteiger partial charge is 0.350 e. The fourth-order valence-corrected chi connectivity index (χ4v) is 4.07. The smallest absolute Gasteiger partial charge is 0.222 e. The van der Waals surface area contributed by atoms with Crippen LogP contribution in [-0.4, -0.2) is 38.4 Å². The van der Waals surface area contributed by atoms with Gasteiger partial charge in [0.05, 0.1) is 17.5 Å². The van der Waals surface area contributed by atoms with E-state index in [1.165, 1.54) is 0 Å². The van der Waals surface area contributed by atoms with Gasteiger partial charge >= 0.3 is 0 Å². The molecule has 1 fully saturated rings. The Labute approximate surface area is 133 Å². The zero-order valence-electron chi connectivity index (χ0n) is 11.8. The highest BCUT2D eigenvalue weighted by atomic mass is 79.9. The minimum absolute atomic E-state index is 0.0348. The molecule has 0 saturated carbocycles. The summed E-state index contributed by atoms with van der Waals surface area (Å²) in [6.45, 7) is 2.33. The highest BCUT2D eigenvalue weighted by Gasteiger charge is 2.26. The highest BCUT2D eigenvalue weighted by Crippen LogP contribution is 2.16. The zero-order chi connectivity index (χ0) is 15.5. The van der Waals surface area contributed by atoms with Gasteiger partial charge in [-0.25, -0.2) is 8.42 Å². The van der Waals surface area contributed by atoms with Crippen molar-refractivity contribution in [2.75, 3.05) is 18.1 Å². The maximum atomic E-state index is 12.0. The van der Waals surface area contributed by atoms with E-state index in [9.17, 15) is 13.2 Å². The average Bonchev–Trinajstić information content (AvgIpc) is 2.37. The molecule has 2 N–H and O–H groups in total. The minimum Gasteiger partial charge on any atom is -0.350 e. The Morgan fingerprint density at radius 2 is 2.10 bits per heavy atom. The van der Waals surface area contributed by atoms with Crippen molar-refractivity contribution in [3.63, 3.8) is 0 Å². The summed E-state index contributed by atoms with van der Waals surface area (Å²) in [6, 6.07) is 7.34. The van der Waals surface area contributed by atoms with Gasteiger partial charge in [0.15, 0.2) is 9.84 Å². The molecule has 1 aromatic rings. The monoisotopic (exact) mass is 374 g/mol. The molecule has 7 heteroatoms. The first-order chi connectivity index (χ1) is 9.85. The quantitative estimate of drug-likeness (QED) is 0.835. The lowest BCUT2D eigenvalue weighted by Gasteiger charge is -2.24. The van der Waals surface area contributed by atoms with Gasteiger partial charge in [-0.15, -0.1) is 0 Å². The zero-order valence-corrected chi connectivity index (χ0v) is 14.2. The molecule has 0 bridgehead atoms. The third-order valence-electron chi connectivity index (χ3n) is 3.48. The van der Waals surface area contributed by atoms with Gasteiger partial charge in [-0.05, 0) is 24.6 Å². The lowest BCUT2D eigenvalue weighted by atomic mass is 10.1. The normalized spacial score (nSPS) is 22.5. The van der Waals surface area contributed by atoms with Crippen LogP contribution in [0.2, 0.25) is 0 Å². The van der Waals surface area contributed by atoms with Gasteiger partial charge in [-0.3, -0.25) is 4.79 Å². The van der Waals surface area contributed by atoms with Crippen LogP contribution in [0.15, 0.2) is 28.7 Å². The van der Waals surface area contributed by atoms with Crippen molar-refractivity contribution < 1.29 is 13.2 Å². The van der Waals surface area contributed by atoms with Gasteiger partial charge < -0.3 is 10.6 Å². The van der Waals surface area contributed by atoms with Gasteiger partial charge in [0.1, 0.15) is 0 Å². The van der Waals surface area contributed by atoms with Crippen molar-refractivity contribution in [1.82, 2.24) is 10.6 Å². The fraction of sp³-hybridized carbons (Fsp3) is 0.500. The SMILES string of the molecule is CC(NC(=O)CC1CS(=O)(=O)CCN1)c1ccc(Br)cc1. The number of sulfone groups is 1. The first kappa shape index (κ1) is 16.5. The summed E-state index contributed by atoms with van der Waals surface area (Å²) >= 11 is 3.37. The molecule has 1 heterocycles. The molecular formula is C14H19BrN2O3S. The minimum atomic E-state index is -3.01. The average molecular weight is 375 g/mol. The molecule has 2 rings (SSSR count). The van der Waals surface area contributed by atoms with Crippen LogP contribution in [0.4, 0.5) is 0 Å². The van der Waals surface area contributed by atoms with Gasteiger partial charge in [0.25, 0.3) is 0 Å². The molecule has 1 saturated heterocycles. The Hall–Kier alpha value is -0.920. The summed E-state index contributed by atoms with van der Waals surface area (Å²) < 4.78 is 24.1. The number of nitrogens with one attached hydrogen (secondary N) is 2. The van der Waals surface area contributed by atoms with Crippen molar-refractivity contribution in [1.29, 1.82) is 0 Å². The maximum Gasteiger partial charge on any atom is 0.222 e. The molecule has 0 radical (unpaired) electrons. The topological polar surface area (TPSA) is 75.3 Å². The predicted octanol–water partition coefficient (Wildman–Crippen LogP) is 1.40. The molecule has 1 aromatic carbocycles. The number of amides is 1. The molecule has 21 heavy (non-hydrogen) atoms. The summed E-state index contributed by atoms with van der Waals surface area (Å²) in [5.41, 5.74) is 1.01. The predicted molar refractivity (Wildman–Crippen MR) is 85.8 cm³/mol. The van der Waals surface area contributed by atoms with Crippen molar-refractivity contribution in [3.05, 3.63) is 34.3 Å². The van der Waals surface area contributed by atoms with Gasteiger partial charge in [0.2, 0.25) is 5.91 Å². The van der Waals surface area contributed by atoms with Gasteiger partial charge in [0, 0.05) is 23.5 Å². The van der Waals surface area contributed by atoms with E-state index < -0.39 is 9.84 Å². The highest BCUT2D eigenvalue weighted by molar-refractivity contribution is 9.10. The second-order valence-corrected chi connectivity index (χ2v) is 8.45. The molecule has 1 amide bonds. The number of rotatable bonds is 4. The molecule has 1 aliphatic heterocycles. The molecule has 1 aliphatic rings. The number of hydrogen-bond acceptors (Lipinski definition) is 4. The molecule has 0 spiro atoms. The Morgan fingerprint density at radius 3 is 2.71 bits per heavy atom. The molecule has 0 aromatic heterocycles. The van der Waals surface area contributed by atoms with Crippen molar-refractivity contribution in [2.45, 2.75) is 25.4 Å². The van der Waals surface area contributed by atoms with Crippen LogP contribution in [0, 0.1) is 0 Å². The van der Waals surface area contributed by atoms with Gasteiger partial charge in [-0.2, -0.15) is 0 Å². The summed E-state index contributed by atoms with van der Waals surface area (Å²) in [5, 5.41) is 5.98. The standard InChI is InChI=1S/C14H19BrN2O3S/c1-10(11-2-4-12(15)5-3-11)17-14(18)8-13-9-21(19,20)7-6-16-13/h2-5,10,13,16H,6-9H2,1H3,(H,17,18). The number of benzene rings is 1. The van der Waals surface area contributed by atoms with Crippen LogP contribution in [-0.2, 0) is 14.6 Å². The summed E-state index contributed by atoms with van der Waals surface area (Å²) in [7, 11) is -3.01. The Kier molecular flexibility index (Phi) is 5.40. The van der Waals surface area contributed by atoms with Crippen LogP contribution < -0.4 is 10.6 Å². The van der Waals surface area contributed by atoms with Gasteiger partial charge in [-0.1, -0.05) is 28.1 Å². The van der Waals surface area contributed by atoms with E-state index in [-0.39, 0.29) is 35.9 Å². The van der Waals surface area contributed by atoms with Crippen LogP contribution in [0.25, 0.3) is 0 Å². The van der Waals surface area contributed by atoms with Crippen molar-refractivity contribution >= 4 is 31.7 Å².